The van der Waals surface area contributed by atoms with Crippen LogP contribution in [0.5, 0.6) is 0 Å². The van der Waals surface area contributed by atoms with Crippen molar-refractivity contribution in [2.24, 2.45) is 7.05 Å². The zero-order chi connectivity index (χ0) is 16.0. The molecule has 0 atom stereocenters. The number of hydrogen-bond acceptors (Lipinski definition) is 5. The fraction of sp³-hybridized carbons (Fsp3) is 0.412. The van der Waals surface area contributed by atoms with E-state index in [2.05, 4.69) is 0 Å². The maximum atomic E-state index is 12.9. The lowest BCUT2D eigenvalue weighted by molar-refractivity contribution is 0.504. The van der Waals surface area contributed by atoms with E-state index in [-0.39, 0.29) is 5.56 Å². The van der Waals surface area contributed by atoms with E-state index in [1.165, 1.54) is 23.3 Å². The van der Waals surface area contributed by atoms with Gasteiger partial charge in [-0.25, -0.2) is 4.98 Å². The van der Waals surface area contributed by atoms with Crippen LogP contribution in [-0.4, -0.2) is 16.6 Å². The summed E-state index contributed by atoms with van der Waals surface area (Å²) in [6, 6.07) is 3.79. The van der Waals surface area contributed by atoms with Crippen LogP contribution < -0.4 is 10.5 Å². The summed E-state index contributed by atoms with van der Waals surface area (Å²) in [6.07, 6.45) is 6.13. The van der Waals surface area contributed by atoms with Crippen molar-refractivity contribution in [1.29, 1.82) is 0 Å². The minimum Gasteiger partial charge on any atom is -0.467 e. The van der Waals surface area contributed by atoms with Gasteiger partial charge in [0.15, 0.2) is 0 Å². The number of aromatic nitrogens is 2. The highest BCUT2D eigenvalue weighted by atomic mass is 32.1. The second kappa shape index (κ2) is 5.53. The number of rotatable bonds is 3. The molecular weight excluding hydrogens is 310 g/mol. The molecule has 0 bridgehead atoms. The Morgan fingerprint density at radius 3 is 3.00 bits per heavy atom. The van der Waals surface area contributed by atoms with E-state index >= 15 is 0 Å². The average molecular weight is 329 g/mol. The van der Waals surface area contributed by atoms with Gasteiger partial charge < -0.3 is 9.32 Å². The van der Waals surface area contributed by atoms with E-state index < -0.39 is 0 Å². The highest BCUT2D eigenvalue weighted by Gasteiger charge is 2.22. The van der Waals surface area contributed by atoms with Gasteiger partial charge in [-0.05, 0) is 43.4 Å². The number of hydrogen-bond donors (Lipinski definition) is 0. The van der Waals surface area contributed by atoms with Crippen molar-refractivity contribution in [1.82, 2.24) is 9.55 Å². The number of fused-ring (bicyclic) bond motifs is 3. The van der Waals surface area contributed by atoms with Crippen LogP contribution in [0.25, 0.3) is 10.2 Å². The monoisotopic (exact) mass is 329 g/mol. The van der Waals surface area contributed by atoms with Crippen molar-refractivity contribution in [2.75, 3.05) is 11.9 Å². The van der Waals surface area contributed by atoms with Crippen molar-refractivity contribution < 1.29 is 4.42 Å². The fourth-order valence-corrected chi connectivity index (χ4v) is 4.57. The van der Waals surface area contributed by atoms with Gasteiger partial charge in [0, 0.05) is 19.0 Å². The first-order chi connectivity index (χ1) is 11.1. The molecule has 120 valence electrons. The lowest BCUT2D eigenvalue weighted by atomic mass is 9.97. The lowest BCUT2D eigenvalue weighted by Gasteiger charge is -2.19. The largest absolute Gasteiger partial charge is 0.467 e. The summed E-state index contributed by atoms with van der Waals surface area (Å²) in [5.74, 6) is 1.53. The first-order valence-electron chi connectivity index (χ1n) is 7.90. The van der Waals surface area contributed by atoms with Gasteiger partial charge in [-0.15, -0.1) is 11.3 Å². The van der Waals surface area contributed by atoms with E-state index in [0.29, 0.717) is 12.5 Å². The second-order valence-electron chi connectivity index (χ2n) is 6.10. The normalized spacial score (nSPS) is 14.2. The van der Waals surface area contributed by atoms with Crippen LogP contribution in [0, 0.1) is 0 Å². The molecule has 0 saturated heterocycles. The summed E-state index contributed by atoms with van der Waals surface area (Å²) in [5.41, 5.74) is 1.31. The van der Waals surface area contributed by atoms with Gasteiger partial charge in [-0.1, -0.05) is 0 Å². The number of furan rings is 1. The molecule has 1 aliphatic carbocycles. The van der Waals surface area contributed by atoms with Gasteiger partial charge in [0.2, 0.25) is 5.95 Å². The third-order valence-corrected chi connectivity index (χ3v) is 5.67. The van der Waals surface area contributed by atoms with Crippen molar-refractivity contribution in [3.63, 3.8) is 0 Å². The number of thiophene rings is 1. The van der Waals surface area contributed by atoms with Crippen LogP contribution in [0.4, 0.5) is 5.95 Å². The van der Waals surface area contributed by atoms with E-state index in [1.807, 2.05) is 24.1 Å². The molecule has 6 heteroatoms. The Hall–Kier alpha value is -2.08. The molecule has 0 N–H and O–H groups in total. The molecule has 4 rings (SSSR count). The van der Waals surface area contributed by atoms with Crippen molar-refractivity contribution in [3.8, 4) is 0 Å². The Morgan fingerprint density at radius 1 is 1.39 bits per heavy atom. The quantitative estimate of drug-likeness (QED) is 0.741. The van der Waals surface area contributed by atoms with Crippen LogP contribution in [0.2, 0.25) is 0 Å². The van der Waals surface area contributed by atoms with Crippen LogP contribution in [0.3, 0.4) is 0 Å². The Labute approximate surface area is 138 Å². The van der Waals surface area contributed by atoms with Crippen LogP contribution >= 0.6 is 11.3 Å². The molecule has 3 heterocycles. The number of anilines is 1. The molecule has 3 aromatic heterocycles. The van der Waals surface area contributed by atoms with Crippen molar-refractivity contribution in [3.05, 3.63) is 45.0 Å². The van der Waals surface area contributed by atoms with Gasteiger partial charge in [0.25, 0.3) is 5.56 Å². The van der Waals surface area contributed by atoms with Crippen LogP contribution in [0.1, 0.15) is 29.0 Å². The molecule has 0 aliphatic heterocycles. The fourth-order valence-electron chi connectivity index (χ4n) is 3.32. The van der Waals surface area contributed by atoms with Crippen molar-refractivity contribution in [2.45, 2.75) is 32.2 Å². The molecule has 5 nitrogen and oxygen atoms in total. The molecule has 0 amide bonds. The predicted octanol–water partition coefficient (Wildman–Crippen LogP) is 3.10. The average Bonchev–Trinajstić information content (AvgIpc) is 3.17. The van der Waals surface area contributed by atoms with E-state index in [9.17, 15) is 4.79 Å². The first kappa shape index (κ1) is 14.5. The van der Waals surface area contributed by atoms with Gasteiger partial charge in [-0.3, -0.25) is 9.36 Å². The SMILES string of the molecule is CN(Cc1ccco1)c1nc2sc3c(c2c(=O)n1C)CCCC3. The highest BCUT2D eigenvalue weighted by Crippen LogP contribution is 2.34. The zero-order valence-corrected chi connectivity index (χ0v) is 14.2. The van der Waals surface area contributed by atoms with Gasteiger partial charge in [0.1, 0.15) is 10.6 Å². The van der Waals surface area contributed by atoms with E-state index in [4.69, 9.17) is 9.40 Å². The van der Waals surface area contributed by atoms with Gasteiger partial charge >= 0.3 is 0 Å². The van der Waals surface area contributed by atoms with E-state index in [1.54, 1.807) is 29.2 Å². The summed E-state index contributed by atoms with van der Waals surface area (Å²) < 4.78 is 7.05. The summed E-state index contributed by atoms with van der Waals surface area (Å²) in [5, 5.41) is 0.836. The minimum atomic E-state index is 0.0655. The third-order valence-electron chi connectivity index (χ3n) is 4.49. The minimum absolute atomic E-state index is 0.0655. The molecule has 0 spiro atoms. The maximum Gasteiger partial charge on any atom is 0.263 e. The maximum absolute atomic E-state index is 12.9. The Balaban J connectivity index is 1.82. The number of nitrogens with zero attached hydrogens (tertiary/aromatic N) is 3. The topological polar surface area (TPSA) is 51.3 Å². The smallest absolute Gasteiger partial charge is 0.263 e. The summed E-state index contributed by atoms with van der Waals surface area (Å²) in [4.78, 5) is 21.8. The van der Waals surface area contributed by atoms with Crippen LogP contribution in [0.15, 0.2) is 27.6 Å². The van der Waals surface area contributed by atoms with E-state index in [0.717, 1.165) is 28.8 Å². The molecule has 0 unspecified atom stereocenters. The molecule has 0 fully saturated rings. The Bertz CT molecular complexity index is 908. The Morgan fingerprint density at radius 2 is 2.22 bits per heavy atom. The first-order valence-corrected chi connectivity index (χ1v) is 8.71. The molecule has 0 radical (unpaired) electrons. The molecule has 23 heavy (non-hydrogen) atoms. The molecule has 0 saturated carbocycles. The zero-order valence-electron chi connectivity index (χ0n) is 13.3. The highest BCUT2D eigenvalue weighted by molar-refractivity contribution is 7.18. The molecule has 3 aromatic rings. The van der Waals surface area contributed by atoms with Gasteiger partial charge in [-0.2, -0.15) is 0 Å². The summed E-state index contributed by atoms with van der Waals surface area (Å²) >= 11 is 1.69. The molecule has 0 aromatic carbocycles. The van der Waals surface area contributed by atoms with Crippen LogP contribution in [-0.2, 0) is 26.4 Å². The predicted molar refractivity (Wildman–Crippen MR) is 92.3 cm³/mol. The second-order valence-corrected chi connectivity index (χ2v) is 7.19. The van der Waals surface area contributed by atoms with Crippen molar-refractivity contribution >= 4 is 27.5 Å². The Kier molecular flexibility index (Phi) is 3.49. The molecule has 1 aliphatic rings. The third kappa shape index (κ3) is 2.37. The molecular formula is C17H19N3O2S. The standard InChI is InChI=1S/C17H19N3O2S/c1-19(10-11-6-5-9-22-11)17-18-15-14(16(21)20(17)2)12-7-3-4-8-13(12)23-15/h5-6,9H,3-4,7-8,10H2,1-2H3. The summed E-state index contributed by atoms with van der Waals surface area (Å²) in [6.45, 7) is 0.587. The summed E-state index contributed by atoms with van der Waals surface area (Å²) in [7, 11) is 3.74. The number of aryl methyl sites for hydroxylation is 2. The van der Waals surface area contributed by atoms with Gasteiger partial charge in [0.05, 0.1) is 18.2 Å². The lowest BCUT2D eigenvalue weighted by Crippen LogP contribution is -2.28.